The summed E-state index contributed by atoms with van der Waals surface area (Å²) in [5, 5.41) is 16.5. The van der Waals surface area contributed by atoms with Crippen molar-refractivity contribution in [3.8, 4) is 0 Å². The molecule has 1 aliphatic rings. The van der Waals surface area contributed by atoms with Crippen molar-refractivity contribution in [1.82, 2.24) is 10.2 Å². The van der Waals surface area contributed by atoms with Gasteiger partial charge >= 0.3 is 6.03 Å². The number of urea groups is 1. The molecule has 3 rings (SSSR count). The Morgan fingerprint density at radius 1 is 1.12 bits per heavy atom. The molecule has 0 unspecified atom stereocenters. The van der Waals surface area contributed by atoms with Gasteiger partial charge in [0.25, 0.3) is 0 Å². The molecule has 1 heterocycles. The van der Waals surface area contributed by atoms with Crippen molar-refractivity contribution in [3.05, 3.63) is 36.2 Å². The quantitative estimate of drug-likeness (QED) is 0.508. The standard InChI is InChI=1S/C20H29N5O/c1-2-3-13-21-16-9-11-17(12-10-16)23-20(26)24-18-14-22-25-19(18)15-7-5-4-6-8-15/h9-12,14-15,21H,2-8,13H2,1H3,(H,22,25)(H2,23,24,26). The number of aromatic nitrogens is 2. The minimum absolute atomic E-state index is 0.241. The van der Waals surface area contributed by atoms with Gasteiger partial charge in [-0.2, -0.15) is 5.10 Å². The molecule has 0 saturated heterocycles. The highest BCUT2D eigenvalue weighted by atomic mass is 16.2. The fraction of sp³-hybridized carbons (Fsp3) is 0.500. The fourth-order valence-corrected chi connectivity index (χ4v) is 3.45. The first-order valence-corrected chi connectivity index (χ1v) is 9.72. The summed E-state index contributed by atoms with van der Waals surface area (Å²) in [4.78, 5) is 12.3. The monoisotopic (exact) mass is 355 g/mol. The number of anilines is 3. The van der Waals surface area contributed by atoms with Gasteiger partial charge < -0.3 is 16.0 Å². The Morgan fingerprint density at radius 3 is 2.58 bits per heavy atom. The lowest BCUT2D eigenvalue weighted by atomic mass is 9.86. The van der Waals surface area contributed by atoms with Crippen LogP contribution in [0.5, 0.6) is 0 Å². The lowest BCUT2D eigenvalue weighted by Gasteiger charge is -2.20. The molecule has 26 heavy (non-hydrogen) atoms. The van der Waals surface area contributed by atoms with Gasteiger partial charge in [-0.1, -0.05) is 32.6 Å². The highest BCUT2D eigenvalue weighted by Crippen LogP contribution is 2.35. The Hall–Kier alpha value is -2.50. The molecule has 0 atom stereocenters. The van der Waals surface area contributed by atoms with E-state index in [0.29, 0.717) is 5.92 Å². The van der Waals surface area contributed by atoms with E-state index in [1.807, 2.05) is 24.3 Å². The third-order valence-corrected chi connectivity index (χ3v) is 4.91. The first kappa shape index (κ1) is 18.3. The van der Waals surface area contributed by atoms with Crippen LogP contribution in [0.15, 0.2) is 30.5 Å². The van der Waals surface area contributed by atoms with Crippen LogP contribution in [0.3, 0.4) is 0 Å². The van der Waals surface area contributed by atoms with E-state index in [0.717, 1.165) is 48.6 Å². The van der Waals surface area contributed by atoms with Gasteiger partial charge in [-0.15, -0.1) is 0 Å². The van der Waals surface area contributed by atoms with Gasteiger partial charge in [0.1, 0.15) is 0 Å². The Bertz CT molecular complexity index is 688. The summed E-state index contributed by atoms with van der Waals surface area (Å²) in [6, 6.07) is 7.54. The topological polar surface area (TPSA) is 81.8 Å². The molecular weight excluding hydrogens is 326 g/mol. The summed E-state index contributed by atoms with van der Waals surface area (Å²) in [7, 11) is 0. The minimum atomic E-state index is -0.241. The molecule has 1 aromatic heterocycles. The van der Waals surface area contributed by atoms with Crippen molar-refractivity contribution in [3.63, 3.8) is 0 Å². The molecule has 0 spiro atoms. The molecule has 1 saturated carbocycles. The van der Waals surface area contributed by atoms with Crippen molar-refractivity contribution < 1.29 is 4.79 Å². The van der Waals surface area contributed by atoms with Gasteiger partial charge in [-0.3, -0.25) is 5.10 Å². The third kappa shape index (κ3) is 5.00. The number of hydrogen-bond acceptors (Lipinski definition) is 3. The zero-order valence-electron chi connectivity index (χ0n) is 15.5. The third-order valence-electron chi connectivity index (χ3n) is 4.91. The summed E-state index contributed by atoms with van der Waals surface area (Å²) in [5.74, 6) is 0.443. The molecule has 6 heteroatoms. The Balaban J connectivity index is 1.53. The van der Waals surface area contributed by atoms with E-state index in [9.17, 15) is 4.79 Å². The zero-order chi connectivity index (χ0) is 18.2. The van der Waals surface area contributed by atoms with Gasteiger partial charge in [0.05, 0.1) is 11.4 Å². The largest absolute Gasteiger partial charge is 0.385 e. The number of unbranched alkanes of at least 4 members (excludes halogenated alkanes) is 1. The number of carbonyl (C=O) groups is 1. The van der Waals surface area contributed by atoms with Crippen LogP contribution in [-0.4, -0.2) is 22.8 Å². The first-order chi connectivity index (χ1) is 12.8. The SMILES string of the molecule is CCCCNc1ccc(NC(=O)Nc2c[nH]nc2C2CCCCC2)cc1. The highest BCUT2D eigenvalue weighted by Gasteiger charge is 2.21. The number of carbonyl (C=O) groups excluding carboxylic acids is 1. The Labute approximate surface area is 155 Å². The maximum atomic E-state index is 12.3. The van der Waals surface area contributed by atoms with Crippen molar-refractivity contribution in [2.45, 2.75) is 57.8 Å². The summed E-state index contributed by atoms with van der Waals surface area (Å²) in [6.07, 6.45) is 10.2. The van der Waals surface area contributed by atoms with Gasteiger partial charge in [-0.25, -0.2) is 4.79 Å². The zero-order valence-corrected chi connectivity index (χ0v) is 15.5. The lowest BCUT2D eigenvalue weighted by Crippen LogP contribution is -2.20. The number of benzene rings is 1. The number of rotatable bonds is 7. The molecule has 1 aromatic carbocycles. The van der Waals surface area contributed by atoms with E-state index in [2.05, 4.69) is 33.1 Å². The fourth-order valence-electron chi connectivity index (χ4n) is 3.45. The van der Waals surface area contributed by atoms with Gasteiger partial charge in [0.15, 0.2) is 0 Å². The first-order valence-electron chi connectivity index (χ1n) is 9.72. The molecule has 2 aromatic rings. The van der Waals surface area contributed by atoms with Gasteiger partial charge in [0, 0.05) is 30.0 Å². The molecule has 140 valence electrons. The summed E-state index contributed by atoms with van der Waals surface area (Å²) in [6.45, 7) is 3.14. The molecule has 2 amide bonds. The maximum absolute atomic E-state index is 12.3. The van der Waals surface area contributed by atoms with Gasteiger partial charge in [0.2, 0.25) is 0 Å². The van der Waals surface area contributed by atoms with Crippen LogP contribution < -0.4 is 16.0 Å². The molecule has 1 fully saturated rings. The van der Waals surface area contributed by atoms with Crippen molar-refractivity contribution in [2.24, 2.45) is 0 Å². The lowest BCUT2D eigenvalue weighted by molar-refractivity contribution is 0.262. The summed E-state index contributed by atoms with van der Waals surface area (Å²) >= 11 is 0. The van der Waals surface area contributed by atoms with Crippen LogP contribution >= 0.6 is 0 Å². The van der Waals surface area contributed by atoms with E-state index in [1.54, 1.807) is 6.20 Å². The summed E-state index contributed by atoms with van der Waals surface area (Å²) < 4.78 is 0. The van der Waals surface area contributed by atoms with Crippen LogP contribution in [0, 0.1) is 0 Å². The van der Waals surface area contributed by atoms with Gasteiger partial charge in [-0.05, 0) is 43.5 Å². The maximum Gasteiger partial charge on any atom is 0.323 e. The molecule has 0 bridgehead atoms. The number of amides is 2. The number of hydrogen-bond donors (Lipinski definition) is 4. The van der Waals surface area contributed by atoms with E-state index in [4.69, 9.17) is 0 Å². The van der Waals surface area contributed by atoms with Crippen LogP contribution in [-0.2, 0) is 0 Å². The van der Waals surface area contributed by atoms with Crippen molar-refractivity contribution in [1.29, 1.82) is 0 Å². The molecule has 4 N–H and O–H groups in total. The summed E-state index contributed by atoms with van der Waals surface area (Å²) in [5.41, 5.74) is 3.60. The second-order valence-electron chi connectivity index (χ2n) is 6.96. The smallest absolute Gasteiger partial charge is 0.323 e. The Kier molecular flexibility index (Phi) is 6.52. The average Bonchev–Trinajstić information content (AvgIpc) is 3.12. The molecule has 0 aliphatic heterocycles. The van der Waals surface area contributed by atoms with E-state index in [-0.39, 0.29) is 6.03 Å². The van der Waals surface area contributed by atoms with Crippen LogP contribution in [0.4, 0.5) is 21.9 Å². The van der Waals surface area contributed by atoms with E-state index in [1.165, 1.54) is 25.7 Å². The second kappa shape index (κ2) is 9.27. The second-order valence-corrected chi connectivity index (χ2v) is 6.96. The van der Waals surface area contributed by atoms with E-state index >= 15 is 0 Å². The van der Waals surface area contributed by atoms with E-state index < -0.39 is 0 Å². The normalized spacial score (nSPS) is 14.8. The van der Waals surface area contributed by atoms with Crippen molar-refractivity contribution in [2.75, 3.05) is 22.5 Å². The number of aromatic amines is 1. The number of H-pyrrole nitrogens is 1. The predicted molar refractivity (Wildman–Crippen MR) is 107 cm³/mol. The van der Waals surface area contributed by atoms with Crippen LogP contribution in [0.25, 0.3) is 0 Å². The molecular formula is C20H29N5O. The van der Waals surface area contributed by atoms with Crippen molar-refractivity contribution >= 4 is 23.1 Å². The molecule has 0 radical (unpaired) electrons. The molecule has 6 nitrogen and oxygen atoms in total. The minimum Gasteiger partial charge on any atom is -0.385 e. The highest BCUT2D eigenvalue weighted by molar-refractivity contribution is 6.00. The Morgan fingerprint density at radius 2 is 1.85 bits per heavy atom. The number of nitrogens with one attached hydrogen (secondary N) is 4. The van der Waals surface area contributed by atoms with Crippen LogP contribution in [0.1, 0.15) is 63.5 Å². The predicted octanol–water partition coefficient (Wildman–Crippen LogP) is 5.31. The molecule has 1 aliphatic carbocycles. The number of nitrogens with zero attached hydrogens (tertiary/aromatic N) is 1. The van der Waals surface area contributed by atoms with Crippen LogP contribution in [0.2, 0.25) is 0 Å². The average molecular weight is 355 g/mol.